The van der Waals surface area contributed by atoms with Gasteiger partial charge in [-0.15, -0.1) is 0 Å². The Morgan fingerprint density at radius 3 is 2.23 bits per heavy atom. The van der Waals surface area contributed by atoms with Crippen molar-refractivity contribution in [3.63, 3.8) is 0 Å². The van der Waals surface area contributed by atoms with Gasteiger partial charge in [0.25, 0.3) is 0 Å². The van der Waals surface area contributed by atoms with Crippen LogP contribution in [0.2, 0.25) is 0 Å². The maximum atomic E-state index is 12.7. The number of carbonyl (C=O) groups excluding carboxylic acids is 1. The molecule has 0 spiro atoms. The van der Waals surface area contributed by atoms with Crippen LogP contribution in [0, 0.1) is 0 Å². The molecule has 1 saturated carbocycles. The van der Waals surface area contributed by atoms with E-state index in [0.29, 0.717) is 18.0 Å². The van der Waals surface area contributed by atoms with Crippen LogP contribution in [0.4, 0.5) is 0 Å². The van der Waals surface area contributed by atoms with Gasteiger partial charge < -0.3 is 19.5 Å². The van der Waals surface area contributed by atoms with Crippen molar-refractivity contribution in [1.29, 1.82) is 0 Å². The second kappa shape index (κ2) is 7.68. The Morgan fingerprint density at radius 1 is 0.962 bits per heavy atom. The Bertz CT molecular complexity index is 766. The molecule has 0 aliphatic heterocycles. The van der Waals surface area contributed by atoms with E-state index in [1.165, 1.54) is 0 Å². The molecule has 0 aromatic heterocycles. The van der Waals surface area contributed by atoms with E-state index in [4.69, 9.17) is 14.2 Å². The topological polar surface area (TPSA) is 56.8 Å². The Kier molecular flexibility index (Phi) is 5.35. The zero-order chi connectivity index (χ0) is 18.6. The molecule has 1 fully saturated rings. The molecule has 1 N–H and O–H groups in total. The van der Waals surface area contributed by atoms with E-state index in [1.807, 2.05) is 42.5 Å². The molecule has 0 saturated heterocycles. The van der Waals surface area contributed by atoms with E-state index < -0.39 is 0 Å². The average Bonchev–Trinajstić information content (AvgIpc) is 3.50. The fraction of sp³-hybridized carbons (Fsp3) is 0.381. The van der Waals surface area contributed by atoms with Crippen molar-refractivity contribution in [1.82, 2.24) is 5.32 Å². The highest BCUT2D eigenvalue weighted by Crippen LogP contribution is 2.48. The van der Waals surface area contributed by atoms with E-state index in [2.05, 4.69) is 5.32 Å². The maximum absolute atomic E-state index is 12.7. The minimum absolute atomic E-state index is 0.100. The Morgan fingerprint density at radius 2 is 1.65 bits per heavy atom. The lowest BCUT2D eigenvalue weighted by Gasteiger charge is -2.16. The number of hydrogen-bond donors (Lipinski definition) is 1. The zero-order valence-corrected chi connectivity index (χ0v) is 15.5. The first-order valence-corrected chi connectivity index (χ1v) is 8.76. The molecule has 0 atom stereocenters. The molecule has 1 aliphatic rings. The molecule has 5 nitrogen and oxygen atoms in total. The second-order valence-electron chi connectivity index (χ2n) is 6.51. The standard InChI is InChI=1S/C21H25NO4/c1-24-17-7-5-16(6-8-17)21(11-12-21)20(23)22-13-10-15-4-9-18(25-2)19(14-15)26-3/h4-9,14H,10-13H2,1-3H3,(H,22,23). The van der Waals surface area contributed by atoms with Gasteiger partial charge in [-0.25, -0.2) is 0 Å². The third-order valence-electron chi connectivity index (χ3n) is 4.97. The lowest BCUT2D eigenvalue weighted by atomic mass is 9.95. The van der Waals surface area contributed by atoms with Gasteiger partial charge in [-0.3, -0.25) is 4.79 Å². The van der Waals surface area contributed by atoms with Gasteiger partial charge in [0.15, 0.2) is 11.5 Å². The molecule has 2 aromatic carbocycles. The SMILES string of the molecule is COc1ccc(C2(C(=O)NCCc3ccc(OC)c(OC)c3)CC2)cc1. The Labute approximate surface area is 154 Å². The van der Waals surface area contributed by atoms with Gasteiger partial charge in [0, 0.05) is 6.54 Å². The Hall–Kier alpha value is -2.69. The summed E-state index contributed by atoms with van der Waals surface area (Å²) in [6.45, 7) is 0.590. The predicted octanol–water partition coefficient (Wildman–Crippen LogP) is 3.10. The minimum Gasteiger partial charge on any atom is -0.497 e. The molecular formula is C21H25NO4. The van der Waals surface area contributed by atoms with Crippen LogP contribution in [-0.4, -0.2) is 33.8 Å². The van der Waals surface area contributed by atoms with Crippen LogP contribution in [0.5, 0.6) is 17.2 Å². The van der Waals surface area contributed by atoms with Gasteiger partial charge in [0.1, 0.15) is 5.75 Å². The zero-order valence-electron chi connectivity index (χ0n) is 15.5. The summed E-state index contributed by atoms with van der Waals surface area (Å²) in [5.74, 6) is 2.31. The number of rotatable bonds is 8. The van der Waals surface area contributed by atoms with E-state index in [9.17, 15) is 4.79 Å². The molecular weight excluding hydrogens is 330 g/mol. The van der Waals surface area contributed by atoms with Gasteiger partial charge in [0.2, 0.25) is 5.91 Å². The van der Waals surface area contributed by atoms with Gasteiger partial charge >= 0.3 is 0 Å². The van der Waals surface area contributed by atoms with Crippen molar-refractivity contribution in [3.8, 4) is 17.2 Å². The molecule has 0 unspecified atom stereocenters. The van der Waals surface area contributed by atoms with E-state index in [0.717, 1.165) is 36.1 Å². The fourth-order valence-electron chi connectivity index (χ4n) is 3.21. The summed E-state index contributed by atoms with van der Waals surface area (Å²) in [7, 11) is 4.88. The first-order chi connectivity index (χ1) is 12.6. The van der Waals surface area contributed by atoms with Gasteiger partial charge in [-0.05, 0) is 54.7 Å². The fourth-order valence-corrected chi connectivity index (χ4v) is 3.21. The van der Waals surface area contributed by atoms with Crippen molar-refractivity contribution in [2.24, 2.45) is 0 Å². The smallest absolute Gasteiger partial charge is 0.230 e. The van der Waals surface area contributed by atoms with Crippen LogP contribution in [0.15, 0.2) is 42.5 Å². The van der Waals surface area contributed by atoms with Crippen molar-refractivity contribution in [3.05, 3.63) is 53.6 Å². The summed E-state index contributed by atoms with van der Waals surface area (Å²) in [5.41, 5.74) is 1.78. The van der Waals surface area contributed by atoms with Crippen molar-refractivity contribution in [2.75, 3.05) is 27.9 Å². The summed E-state index contributed by atoms with van der Waals surface area (Å²) >= 11 is 0. The van der Waals surface area contributed by atoms with E-state index in [1.54, 1.807) is 21.3 Å². The molecule has 26 heavy (non-hydrogen) atoms. The summed E-state index contributed by atoms with van der Waals surface area (Å²) in [6, 6.07) is 13.6. The van der Waals surface area contributed by atoms with E-state index in [-0.39, 0.29) is 11.3 Å². The third kappa shape index (κ3) is 3.62. The van der Waals surface area contributed by atoms with Crippen LogP contribution in [-0.2, 0) is 16.6 Å². The van der Waals surface area contributed by atoms with Gasteiger partial charge in [-0.1, -0.05) is 18.2 Å². The first-order valence-electron chi connectivity index (χ1n) is 8.76. The van der Waals surface area contributed by atoms with E-state index >= 15 is 0 Å². The van der Waals surface area contributed by atoms with Crippen LogP contribution in [0.25, 0.3) is 0 Å². The second-order valence-corrected chi connectivity index (χ2v) is 6.51. The number of carbonyl (C=O) groups is 1. The molecule has 1 aliphatic carbocycles. The van der Waals surface area contributed by atoms with Crippen LogP contribution < -0.4 is 19.5 Å². The van der Waals surface area contributed by atoms with Crippen LogP contribution >= 0.6 is 0 Å². The normalized spacial score (nSPS) is 14.4. The minimum atomic E-state index is -0.371. The molecule has 0 radical (unpaired) electrons. The summed E-state index contributed by atoms with van der Waals surface area (Å²) in [4.78, 5) is 12.7. The Balaban J connectivity index is 1.58. The number of amides is 1. The van der Waals surface area contributed by atoms with Crippen molar-refractivity contribution in [2.45, 2.75) is 24.7 Å². The van der Waals surface area contributed by atoms with Crippen molar-refractivity contribution >= 4 is 5.91 Å². The molecule has 3 rings (SSSR count). The van der Waals surface area contributed by atoms with Gasteiger partial charge in [0.05, 0.1) is 26.7 Å². The molecule has 2 aromatic rings. The van der Waals surface area contributed by atoms with Crippen LogP contribution in [0.3, 0.4) is 0 Å². The molecule has 5 heteroatoms. The van der Waals surface area contributed by atoms with Crippen LogP contribution in [0.1, 0.15) is 24.0 Å². The number of ether oxygens (including phenoxy) is 3. The highest BCUT2D eigenvalue weighted by Gasteiger charge is 2.50. The largest absolute Gasteiger partial charge is 0.497 e. The quantitative estimate of drug-likeness (QED) is 0.791. The molecule has 1 amide bonds. The first kappa shape index (κ1) is 18.1. The molecule has 138 valence electrons. The highest BCUT2D eigenvalue weighted by atomic mass is 16.5. The van der Waals surface area contributed by atoms with Crippen molar-refractivity contribution < 1.29 is 19.0 Å². The maximum Gasteiger partial charge on any atom is 0.230 e. The summed E-state index contributed by atoms with van der Waals surface area (Å²) in [6.07, 6.45) is 2.52. The lowest BCUT2D eigenvalue weighted by Crippen LogP contribution is -2.35. The molecule has 0 bridgehead atoms. The molecule has 0 heterocycles. The number of hydrogen-bond acceptors (Lipinski definition) is 4. The third-order valence-corrected chi connectivity index (χ3v) is 4.97. The predicted molar refractivity (Wildman–Crippen MR) is 100 cm³/mol. The average molecular weight is 355 g/mol. The summed E-state index contributed by atoms with van der Waals surface area (Å²) < 4.78 is 15.8. The monoisotopic (exact) mass is 355 g/mol. The summed E-state index contributed by atoms with van der Waals surface area (Å²) in [5, 5.41) is 3.08. The highest BCUT2D eigenvalue weighted by molar-refractivity contribution is 5.91. The number of methoxy groups -OCH3 is 3. The number of nitrogens with one attached hydrogen (secondary N) is 1. The lowest BCUT2D eigenvalue weighted by molar-refractivity contribution is -0.123. The number of benzene rings is 2. The van der Waals surface area contributed by atoms with Gasteiger partial charge in [-0.2, -0.15) is 0 Å².